The zero-order valence-corrected chi connectivity index (χ0v) is 33.3. The van der Waals surface area contributed by atoms with Crippen molar-refractivity contribution in [3.63, 3.8) is 0 Å². The van der Waals surface area contributed by atoms with Gasteiger partial charge in [0.15, 0.2) is 0 Å². The highest BCUT2D eigenvalue weighted by atomic mass is 16.3. The zero-order valence-electron chi connectivity index (χ0n) is 33.3. The molecule has 0 saturated carbocycles. The fraction of sp³-hybridized carbons (Fsp3) is 0. The minimum Gasteiger partial charge on any atom is -0.456 e. The van der Waals surface area contributed by atoms with Gasteiger partial charge in [-0.25, -0.2) is 4.98 Å². The van der Waals surface area contributed by atoms with Crippen LogP contribution in [0.5, 0.6) is 0 Å². The molecule has 62 heavy (non-hydrogen) atoms. The standard InChI is InChI=1S/C58H34N2O2/c1-3-16-46-44(14-1)45-15-2-4-17-47(45)56-55(46)59-34-51(60-56)42-13-8-12-41(33-42)40-11-7-10-39(32-40)37-24-22-35(23-25-37)36-26-28-38(29-27-36)43-19-9-20-48-49-30-31-53-54(58(49)62-57(43)48)50-18-5-6-21-52(50)61-53/h1-34H. The highest BCUT2D eigenvalue weighted by molar-refractivity contribution is 6.24. The van der Waals surface area contributed by atoms with Gasteiger partial charge in [0.05, 0.1) is 28.3 Å². The second-order valence-corrected chi connectivity index (χ2v) is 16.1. The molecule has 0 fully saturated rings. The van der Waals surface area contributed by atoms with Crippen LogP contribution in [0.2, 0.25) is 0 Å². The topological polar surface area (TPSA) is 52.1 Å². The number of para-hydroxylation sites is 2. The maximum Gasteiger partial charge on any atom is 0.147 e. The molecule has 13 rings (SSSR count). The maximum absolute atomic E-state index is 6.72. The summed E-state index contributed by atoms with van der Waals surface area (Å²) in [5.74, 6) is 0. The van der Waals surface area contributed by atoms with Crippen molar-refractivity contribution in [1.29, 1.82) is 0 Å². The second-order valence-electron chi connectivity index (χ2n) is 16.1. The third kappa shape index (κ3) is 5.40. The molecule has 0 aliphatic carbocycles. The summed E-state index contributed by atoms with van der Waals surface area (Å²) in [4.78, 5) is 10.2. The Morgan fingerprint density at radius 2 is 0.823 bits per heavy atom. The van der Waals surface area contributed by atoms with Gasteiger partial charge in [-0.15, -0.1) is 0 Å². The lowest BCUT2D eigenvalue weighted by Crippen LogP contribution is -1.92. The molecule has 288 valence electrons. The monoisotopic (exact) mass is 790 g/mol. The Hall–Kier alpha value is -8.34. The van der Waals surface area contributed by atoms with E-state index in [1.54, 1.807) is 0 Å². The minimum atomic E-state index is 0.837. The van der Waals surface area contributed by atoms with Crippen molar-refractivity contribution in [2.75, 3.05) is 0 Å². The van der Waals surface area contributed by atoms with Gasteiger partial charge in [0.25, 0.3) is 0 Å². The van der Waals surface area contributed by atoms with E-state index < -0.39 is 0 Å². The quantitative estimate of drug-likeness (QED) is 0.163. The van der Waals surface area contributed by atoms with Crippen molar-refractivity contribution in [3.8, 4) is 55.8 Å². The molecule has 0 aliphatic heterocycles. The molecule has 3 heterocycles. The molecule has 0 bridgehead atoms. The first-order valence-electron chi connectivity index (χ1n) is 21.0. The predicted molar refractivity (Wildman–Crippen MR) is 256 cm³/mol. The molecule has 0 radical (unpaired) electrons. The Labute approximate surface area is 356 Å². The number of aromatic nitrogens is 2. The van der Waals surface area contributed by atoms with Crippen LogP contribution in [0.3, 0.4) is 0 Å². The van der Waals surface area contributed by atoms with Crippen molar-refractivity contribution in [3.05, 3.63) is 206 Å². The number of fused-ring (bicyclic) bond motifs is 13. The summed E-state index contributed by atoms with van der Waals surface area (Å²) >= 11 is 0. The largest absolute Gasteiger partial charge is 0.456 e. The lowest BCUT2D eigenvalue weighted by Gasteiger charge is -2.11. The Bertz CT molecular complexity index is 3880. The van der Waals surface area contributed by atoms with E-state index in [0.29, 0.717) is 0 Å². The number of benzene rings is 10. The van der Waals surface area contributed by atoms with Crippen molar-refractivity contribution < 1.29 is 8.83 Å². The smallest absolute Gasteiger partial charge is 0.147 e. The van der Waals surface area contributed by atoms with Gasteiger partial charge in [-0.05, 0) is 80.0 Å². The van der Waals surface area contributed by atoms with Crippen LogP contribution in [0.15, 0.2) is 215 Å². The molecular formula is C58H34N2O2. The average molecular weight is 791 g/mol. The summed E-state index contributed by atoms with van der Waals surface area (Å²) in [5, 5.41) is 8.91. The molecule has 0 atom stereocenters. The zero-order chi connectivity index (χ0) is 40.7. The summed E-state index contributed by atoms with van der Waals surface area (Å²) in [7, 11) is 0. The van der Waals surface area contributed by atoms with Crippen LogP contribution in [0, 0.1) is 0 Å². The third-order valence-corrected chi connectivity index (χ3v) is 12.5. The fourth-order valence-electron chi connectivity index (χ4n) is 9.49. The number of nitrogens with zero attached hydrogens (tertiary/aromatic N) is 2. The maximum atomic E-state index is 6.72. The Morgan fingerprint density at radius 3 is 1.53 bits per heavy atom. The van der Waals surface area contributed by atoms with Gasteiger partial charge in [-0.3, -0.25) is 4.98 Å². The fourth-order valence-corrected chi connectivity index (χ4v) is 9.49. The van der Waals surface area contributed by atoms with Gasteiger partial charge in [0.2, 0.25) is 0 Å². The molecule has 0 spiro atoms. The first-order chi connectivity index (χ1) is 30.7. The third-order valence-electron chi connectivity index (χ3n) is 12.5. The van der Waals surface area contributed by atoms with Crippen molar-refractivity contribution in [2.45, 2.75) is 0 Å². The second kappa shape index (κ2) is 13.6. The number of hydrogen-bond acceptors (Lipinski definition) is 4. The van der Waals surface area contributed by atoms with E-state index in [0.717, 1.165) is 110 Å². The Kier molecular flexibility index (Phi) is 7.57. The van der Waals surface area contributed by atoms with Crippen molar-refractivity contribution in [1.82, 2.24) is 9.97 Å². The summed E-state index contributed by atoms with van der Waals surface area (Å²) in [6.45, 7) is 0. The SMILES string of the molecule is c1cc(-c2ccc(-c3ccc(-c4cccc5c4oc4c5ccc5oc6ccccc6c54)cc3)cc2)cc(-c2cccc(-c3cnc4c5ccccc5c5ccccc5c4n3)c2)c1. The molecule has 0 N–H and O–H groups in total. The number of furan rings is 2. The molecule has 4 heteroatoms. The predicted octanol–water partition coefficient (Wildman–Crippen LogP) is 16.1. The summed E-state index contributed by atoms with van der Waals surface area (Å²) in [6, 6.07) is 70.7. The van der Waals surface area contributed by atoms with Crippen LogP contribution in [0.25, 0.3) is 132 Å². The first kappa shape index (κ1) is 34.5. The molecule has 3 aromatic heterocycles. The molecule has 0 saturated heterocycles. The highest BCUT2D eigenvalue weighted by Gasteiger charge is 2.18. The van der Waals surface area contributed by atoms with E-state index in [1.165, 1.54) is 21.9 Å². The van der Waals surface area contributed by atoms with Gasteiger partial charge in [-0.1, -0.05) is 170 Å². The van der Waals surface area contributed by atoms with Crippen LogP contribution >= 0.6 is 0 Å². The average Bonchev–Trinajstić information content (AvgIpc) is 3.93. The Morgan fingerprint density at radius 1 is 0.306 bits per heavy atom. The molecule has 4 nitrogen and oxygen atoms in total. The molecule has 13 aromatic rings. The van der Waals surface area contributed by atoms with Crippen LogP contribution in [0.1, 0.15) is 0 Å². The van der Waals surface area contributed by atoms with E-state index in [2.05, 4.69) is 182 Å². The van der Waals surface area contributed by atoms with Crippen LogP contribution < -0.4 is 0 Å². The molecule has 0 aliphatic rings. The first-order valence-corrected chi connectivity index (χ1v) is 21.0. The molecule has 10 aromatic carbocycles. The van der Waals surface area contributed by atoms with Gasteiger partial charge in [-0.2, -0.15) is 0 Å². The van der Waals surface area contributed by atoms with Crippen LogP contribution in [0.4, 0.5) is 0 Å². The highest BCUT2D eigenvalue weighted by Crippen LogP contribution is 2.42. The van der Waals surface area contributed by atoms with Gasteiger partial charge >= 0.3 is 0 Å². The van der Waals surface area contributed by atoms with Crippen molar-refractivity contribution in [2.24, 2.45) is 0 Å². The van der Waals surface area contributed by atoms with Gasteiger partial charge < -0.3 is 8.83 Å². The van der Waals surface area contributed by atoms with E-state index in [4.69, 9.17) is 18.8 Å². The van der Waals surface area contributed by atoms with E-state index in [9.17, 15) is 0 Å². The normalized spacial score (nSPS) is 11.9. The number of hydrogen-bond donors (Lipinski definition) is 0. The lowest BCUT2D eigenvalue weighted by molar-refractivity contribution is 0.663. The number of rotatable bonds is 5. The van der Waals surface area contributed by atoms with E-state index in [-0.39, 0.29) is 0 Å². The van der Waals surface area contributed by atoms with Gasteiger partial charge in [0, 0.05) is 38.1 Å². The lowest BCUT2D eigenvalue weighted by atomic mass is 9.95. The summed E-state index contributed by atoms with van der Waals surface area (Å²) < 4.78 is 12.9. The van der Waals surface area contributed by atoms with E-state index in [1.807, 2.05) is 24.4 Å². The summed E-state index contributed by atoms with van der Waals surface area (Å²) in [6.07, 6.45) is 1.91. The molecular weight excluding hydrogens is 757 g/mol. The van der Waals surface area contributed by atoms with Crippen LogP contribution in [-0.2, 0) is 0 Å². The minimum absolute atomic E-state index is 0.837. The summed E-state index contributed by atoms with van der Waals surface area (Å²) in [5.41, 5.74) is 16.3. The van der Waals surface area contributed by atoms with E-state index >= 15 is 0 Å². The van der Waals surface area contributed by atoms with Crippen LogP contribution in [-0.4, -0.2) is 9.97 Å². The van der Waals surface area contributed by atoms with Gasteiger partial charge in [0.1, 0.15) is 22.3 Å². The van der Waals surface area contributed by atoms with Crippen molar-refractivity contribution >= 4 is 76.5 Å². The molecule has 0 unspecified atom stereocenters. The molecule has 0 amide bonds. The Balaban J connectivity index is 0.790.